The van der Waals surface area contributed by atoms with E-state index in [9.17, 15) is 0 Å². The molecule has 7 heteroatoms. The topological polar surface area (TPSA) is 64.3 Å². The molecule has 0 radical (unpaired) electrons. The SMILES string of the molecule is CCn1c(-c2cn(C)nn2)n[nH]c1=S. The lowest BCUT2D eigenvalue weighted by molar-refractivity contribution is 0.714. The smallest absolute Gasteiger partial charge is 0.195 e. The summed E-state index contributed by atoms with van der Waals surface area (Å²) in [6.45, 7) is 2.77. The van der Waals surface area contributed by atoms with Gasteiger partial charge in [0.15, 0.2) is 10.6 Å². The fraction of sp³-hybridized carbons (Fsp3) is 0.429. The molecule has 2 rings (SSSR count). The summed E-state index contributed by atoms with van der Waals surface area (Å²) in [6.07, 6.45) is 1.80. The molecule has 2 aromatic heterocycles. The van der Waals surface area contributed by atoms with Crippen LogP contribution in [0.3, 0.4) is 0 Å². The minimum absolute atomic E-state index is 0.605. The molecule has 14 heavy (non-hydrogen) atoms. The van der Waals surface area contributed by atoms with E-state index in [4.69, 9.17) is 12.2 Å². The van der Waals surface area contributed by atoms with E-state index in [1.165, 1.54) is 0 Å². The fourth-order valence-corrected chi connectivity index (χ4v) is 1.52. The molecule has 0 fully saturated rings. The normalized spacial score (nSPS) is 10.7. The van der Waals surface area contributed by atoms with Gasteiger partial charge in [-0.25, -0.2) is 0 Å². The second-order valence-electron chi connectivity index (χ2n) is 2.87. The van der Waals surface area contributed by atoms with E-state index in [0.29, 0.717) is 4.77 Å². The molecule has 0 aliphatic rings. The summed E-state index contributed by atoms with van der Waals surface area (Å²) in [5.41, 5.74) is 0.724. The van der Waals surface area contributed by atoms with E-state index in [1.807, 2.05) is 18.5 Å². The average Bonchev–Trinajstić information content (AvgIpc) is 2.71. The third-order valence-electron chi connectivity index (χ3n) is 1.91. The molecule has 0 unspecified atom stereocenters. The van der Waals surface area contributed by atoms with Crippen molar-refractivity contribution in [3.63, 3.8) is 0 Å². The molecule has 0 saturated heterocycles. The van der Waals surface area contributed by atoms with Crippen LogP contribution in [-0.4, -0.2) is 29.8 Å². The van der Waals surface area contributed by atoms with Gasteiger partial charge >= 0.3 is 0 Å². The molecular formula is C7H10N6S. The minimum atomic E-state index is 0.605. The predicted molar refractivity (Wildman–Crippen MR) is 53.1 cm³/mol. The molecule has 0 bridgehead atoms. The van der Waals surface area contributed by atoms with Gasteiger partial charge in [0.1, 0.15) is 5.69 Å². The van der Waals surface area contributed by atoms with Crippen molar-refractivity contribution in [1.82, 2.24) is 29.8 Å². The molecule has 74 valence electrons. The van der Waals surface area contributed by atoms with Gasteiger partial charge in [0.25, 0.3) is 0 Å². The Bertz CT molecular complexity index is 492. The van der Waals surface area contributed by atoms with Crippen molar-refractivity contribution in [3.05, 3.63) is 11.0 Å². The van der Waals surface area contributed by atoms with Crippen molar-refractivity contribution in [2.75, 3.05) is 0 Å². The molecule has 2 aromatic rings. The molecule has 0 atom stereocenters. The van der Waals surface area contributed by atoms with Crippen LogP contribution in [0.2, 0.25) is 0 Å². The van der Waals surface area contributed by atoms with Gasteiger partial charge in [-0.2, -0.15) is 5.10 Å². The number of nitrogens with zero attached hydrogens (tertiary/aromatic N) is 5. The van der Waals surface area contributed by atoms with Crippen LogP contribution in [0.5, 0.6) is 0 Å². The number of aromatic amines is 1. The van der Waals surface area contributed by atoms with Crippen LogP contribution < -0.4 is 0 Å². The van der Waals surface area contributed by atoms with Crippen molar-refractivity contribution in [3.8, 4) is 11.5 Å². The Hall–Kier alpha value is -1.50. The van der Waals surface area contributed by atoms with E-state index in [1.54, 1.807) is 10.9 Å². The summed E-state index contributed by atoms with van der Waals surface area (Å²) in [4.78, 5) is 0. The number of aryl methyl sites for hydroxylation is 1. The maximum atomic E-state index is 5.07. The number of aromatic nitrogens is 6. The zero-order valence-electron chi connectivity index (χ0n) is 7.93. The van der Waals surface area contributed by atoms with Gasteiger partial charge in [0.05, 0.1) is 6.20 Å². The van der Waals surface area contributed by atoms with Gasteiger partial charge in [-0.15, -0.1) is 5.10 Å². The monoisotopic (exact) mass is 210 g/mol. The molecule has 0 aliphatic heterocycles. The highest BCUT2D eigenvalue weighted by Gasteiger charge is 2.10. The lowest BCUT2D eigenvalue weighted by Crippen LogP contribution is -1.97. The number of hydrogen-bond acceptors (Lipinski definition) is 4. The number of rotatable bonds is 2. The maximum absolute atomic E-state index is 5.07. The Labute approximate surface area is 85.6 Å². The molecule has 0 amide bonds. The van der Waals surface area contributed by atoms with Crippen molar-refractivity contribution in [2.24, 2.45) is 7.05 Å². The molecule has 0 saturated carbocycles. The van der Waals surface area contributed by atoms with Gasteiger partial charge in [-0.3, -0.25) is 14.3 Å². The van der Waals surface area contributed by atoms with Crippen LogP contribution in [-0.2, 0) is 13.6 Å². The molecule has 0 spiro atoms. The Morgan fingerprint density at radius 2 is 2.36 bits per heavy atom. The first-order valence-electron chi connectivity index (χ1n) is 4.24. The zero-order valence-corrected chi connectivity index (χ0v) is 8.75. The Morgan fingerprint density at radius 3 is 2.93 bits per heavy atom. The minimum Gasteiger partial charge on any atom is -0.299 e. The summed E-state index contributed by atoms with van der Waals surface area (Å²) >= 11 is 5.07. The van der Waals surface area contributed by atoms with Crippen molar-refractivity contribution >= 4 is 12.2 Å². The van der Waals surface area contributed by atoms with Crippen LogP contribution in [0.25, 0.3) is 11.5 Å². The maximum Gasteiger partial charge on any atom is 0.195 e. The second-order valence-corrected chi connectivity index (χ2v) is 3.26. The van der Waals surface area contributed by atoms with Crippen molar-refractivity contribution in [2.45, 2.75) is 13.5 Å². The van der Waals surface area contributed by atoms with Gasteiger partial charge in [0, 0.05) is 13.6 Å². The highest BCUT2D eigenvalue weighted by Crippen LogP contribution is 2.12. The lowest BCUT2D eigenvalue weighted by atomic mass is 10.4. The van der Waals surface area contributed by atoms with E-state index in [0.717, 1.165) is 18.1 Å². The summed E-state index contributed by atoms with van der Waals surface area (Å²) in [5, 5.41) is 14.6. The molecule has 2 heterocycles. The van der Waals surface area contributed by atoms with Crippen LogP contribution in [0.1, 0.15) is 6.92 Å². The summed E-state index contributed by atoms with van der Waals surface area (Å²) in [7, 11) is 1.81. The molecule has 6 nitrogen and oxygen atoms in total. The van der Waals surface area contributed by atoms with E-state index >= 15 is 0 Å². The number of hydrogen-bond donors (Lipinski definition) is 1. The summed E-state index contributed by atoms with van der Waals surface area (Å²) in [6, 6.07) is 0. The van der Waals surface area contributed by atoms with Gasteiger partial charge in [-0.05, 0) is 19.1 Å². The lowest BCUT2D eigenvalue weighted by Gasteiger charge is -1.97. The Morgan fingerprint density at radius 1 is 1.57 bits per heavy atom. The molecular weight excluding hydrogens is 200 g/mol. The zero-order chi connectivity index (χ0) is 10.1. The summed E-state index contributed by atoms with van der Waals surface area (Å²) in [5.74, 6) is 0.727. The highest BCUT2D eigenvalue weighted by molar-refractivity contribution is 7.71. The van der Waals surface area contributed by atoms with Gasteiger partial charge in [0.2, 0.25) is 0 Å². The average molecular weight is 210 g/mol. The van der Waals surface area contributed by atoms with Crippen LogP contribution >= 0.6 is 12.2 Å². The van der Waals surface area contributed by atoms with Gasteiger partial charge in [-0.1, -0.05) is 5.21 Å². The summed E-state index contributed by atoms with van der Waals surface area (Å²) < 4.78 is 4.11. The number of H-pyrrole nitrogens is 1. The van der Waals surface area contributed by atoms with Crippen LogP contribution in [0.15, 0.2) is 6.20 Å². The van der Waals surface area contributed by atoms with Gasteiger partial charge < -0.3 is 0 Å². The Balaban J connectivity index is 2.56. The van der Waals surface area contributed by atoms with Crippen LogP contribution in [0, 0.1) is 4.77 Å². The third kappa shape index (κ3) is 1.35. The van der Waals surface area contributed by atoms with Crippen LogP contribution in [0.4, 0.5) is 0 Å². The first-order valence-corrected chi connectivity index (χ1v) is 4.65. The standard InChI is InChI=1S/C7H10N6S/c1-3-13-6(9-10-7(13)14)5-4-12(2)11-8-5/h4H,3H2,1-2H3,(H,10,14). The molecule has 0 aliphatic carbocycles. The molecule has 1 N–H and O–H groups in total. The first-order chi connectivity index (χ1) is 6.72. The largest absolute Gasteiger partial charge is 0.299 e. The predicted octanol–water partition coefficient (Wildman–Crippen LogP) is 0.756. The second kappa shape index (κ2) is 3.33. The quantitative estimate of drug-likeness (QED) is 0.743. The third-order valence-corrected chi connectivity index (χ3v) is 2.22. The van der Waals surface area contributed by atoms with E-state index < -0.39 is 0 Å². The van der Waals surface area contributed by atoms with Crippen molar-refractivity contribution in [1.29, 1.82) is 0 Å². The number of nitrogens with one attached hydrogen (secondary N) is 1. The van der Waals surface area contributed by atoms with Crippen molar-refractivity contribution < 1.29 is 0 Å². The van der Waals surface area contributed by atoms with E-state index in [2.05, 4.69) is 20.5 Å². The van der Waals surface area contributed by atoms with E-state index in [-0.39, 0.29) is 0 Å². The molecule has 0 aromatic carbocycles. The Kier molecular flexibility index (Phi) is 2.16. The first kappa shape index (κ1) is 9.07. The highest BCUT2D eigenvalue weighted by atomic mass is 32.1. The fourth-order valence-electron chi connectivity index (χ4n) is 1.26.